The van der Waals surface area contributed by atoms with Crippen molar-refractivity contribution in [3.8, 4) is 0 Å². The van der Waals surface area contributed by atoms with E-state index >= 15 is 0 Å². The van der Waals surface area contributed by atoms with E-state index in [1.807, 2.05) is 6.92 Å². The predicted octanol–water partition coefficient (Wildman–Crippen LogP) is 0.962. The Morgan fingerprint density at radius 2 is 2.12 bits per heavy atom. The highest BCUT2D eigenvalue weighted by Gasteiger charge is 2.15. The fraction of sp³-hybridized carbons (Fsp3) is 0.923. The molecule has 0 radical (unpaired) electrons. The summed E-state index contributed by atoms with van der Waals surface area (Å²) in [5.41, 5.74) is 5.63. The first kappa shape index (κ1) is 14.5. The van der Waals surface area contributed by atoms with Gasteiger partial charge in [0.15, 0.2) is 0 Å². The van der Waals surface area contributed by atoms with E-state index < -0.39 is 0 Å². The number of nitrogens with one attached hydrogen (secondary N) is 1. The molecular formula is C13H27N3O. The van der Waals surface area contributed by atoms with Gasteiger partial charge in [-0.15, -0.1) is 0 Å². The molecule has 0 saturated carbocycles. The van der Waals surface area contributed by atoms with E-state index in [1.54, 1.807) is 0 Å². The van der Waals surface area contributed by atoms with Crippen molar-refractivity contribution < 1.29 is 4.79 Å². The van der Waals surface area contributed by atoms with Crippen LogP contribution in [0.25, 0.3) is 0 Å². The number of carbonyl (C=O) groups is 1. The molecule has 1 aliphatic rings. The number of rotatable bonds is 6. The lowest BCUT2D eigenvalue weighted by molar-refractivity contribution is -0.122. The lowest BCUT2D eigenvalue weighted by Crippen LogP contribution is -2.41. The second kappa shape index (κ2) is 7.67. The lowest BCUT2D eigenvalue weighted by atomic mass is 9.99. The third-order valence-corrected chi connectivity index (χ3v) is 3.60. The van der Waals surface area contributed by atoms with Gasteiger partial charge in [-0.25, -0.2) is 0 Å². The van der Waals surface area contributed by atoms with E-state index in [1.165, 1.54) is 25.9 Å². The summed E-state index contributed by atoms with van der Waals surface area (Å²) in [5, 5.41) is 2.89. The molecule has 0 unspecified atom stereocenters. The molecule has 1 rings (SSSR count). The molecule has 0 aromatic heterocycles. The summed E-state index contributed by atoms with van der Waals surface area (Å²) in [5.74, 6) is 0.869. The van der Waals surface area contributed by atoms with Crippen molar-refractivity contribution in [1.29, 1.82) is 0 Å². The van der Waals surface area contributed by atoms with Gasteiger partial charge in [-0.3, -0.25) is 4.79 Å². The molecule has 0 spiro atoms. The van der Waals surface area contributed by atoms with Gasteiger partial charge >= 0.3 is 0 Å². The molecule has 0 bridgehead atoms. The van der Waals surface area contributed by atoms with Crippen LogP contribution in [0.4, 0.5) is 0 Å². The number of nitrogens with two attached hydrogens (primary N) is 1. The topological polar surface area (TPSA) is 58.4 Å². The fourth-order valence-electron chi connectivity index (χ4n) is 2.12. The van der Waals surface area contributed by atoms with Gasteiger partial charge in [-0.1, -0.05) is 13.8 Å². The van der Waals surface area contributed by atoms with Gasteiger partial charge in [-0.2, -0.15) is 0 Å². The van der Waals surface area contributed by atoms with Crippen molar-refractivity contribution in [3.63, 3.8) is 0 Å². The molecule has 1 atom stereocenters. The first-order chi connectivity index (χ1) is 8.13. The number of amides is 1. The smallest absolute Gasteiger partial charge is 0.236 e. The number of carbonyl (C=O) groups excluding carboxylic acids is 1. The van der Waals surface area contributed by atoms with E-state index in [0.29, 0.717) is 6.42 Å². The monoisotopic (exact) mass is 241 g/mol. The van der Waals surface area contributed by atoms with Gasteiger partial charge in [0.1, 0.15) is 0 Å². The zero-order valence-corrected chi connectivity index (χ0v) is 11.2. The number of likely N-dealkylation sites (tertiary alicyclic amines) is 1. The maximum atomic E-state index is 11.4. The normalized spacial score (nSPS) is 20.2. The Bertz CT molecular complexity index is 225. The third kappa shape index (κ3) is 5.50. The van der Waals surface area contributed by atoms with Gasteiger partial charge in [0.05, 0.1) is 6.04 Å². The summed E-state index contributed by atoms with van der Waals surface area (Å²) in [6.07, 6.45) is 4.35. The minimum atomic E-state index is -0.342. The van der Waals surface area contributed by atoms with Crippen LogP contribution in [0.15, 0.2) is 0 Å². The standard InChI is InChI=1S/C13H27N3O/c1-3-12(14)13(17)15-7-4-8-16-9-5-11(2)6-10-16/h11-12H,3-10,14H2,1-2H3,(H,15,17)/t12-/m0/s1. The van der Waals surface area contributed by atoms with Crippen molar-refractivity contribution in [1.82, 2.24) is 10.2 Å². The summed E-state index contributed by atoms with van der Waals surface area (Å²) in [7, 11) is 0. The van der Waals surface area contributed by atoms with Crippen LogP contribution in [-0.2, 0) is 4.79 Å². The second-order valence-corrected chi connectivity index (χ2v) is 5.18. The summed E-state index contributed by atoms with van der Waals surface area (Å²) >= 11 is 0. The first-order valence-electron chi connectivity index (χ1n) is 6.89. The average Bonchev–Trinajstić information content (AvgIpc) is 2.35. The van der Waals surface area contributed by atoms with E-state index in [2.05, 4.69) is 17.1 Å². The maximum absolute atomic E-state index is 11.4. The van der Waals surface area contributed by atoms with Crippen LogP contribution >= 0.6 is 0 Å². The van der Waals surface area contributed by atoms with Crippen molar-refractivity contribution in [2.75, 3.05) is 26.2 Å². The SMILES string of the molecule is CC[C@H](N)C(=O)NCCCN1CCC(C)CC1. The van der Waals surface area contributed by atoms with E-state index in [-0.39, 0.29) is 11.9 Å². The lowest BCUT2D eigenvalue weighted by Gasteiger charge is -2.30. The van der Waals surface area contributed by atoms with Crippen LogP contribution < -0.4 is 11.1 Å². The van der Waals surface area contributed by atoms with Crippen LogP contribution in [0, 0.1) is 5.92 Å². The van der Waals surface area contributed by atoms with Crippen molar-refractivity contribution in [2.45, 2.75) is 45.6 Å². The maximum Gasteiger partial charge on any atom is 0.236 e. The van der Waals surface area contributed by atoms with Gasteiger partial charge in [-0.05, 0) is 51.2 Å². The fourth-order valence-corrected chi connectivity index (χ4v) is 2.12. The third-order valence-electron chi connectivity index (χ3n) is 3.60. The molecule has 1 amide bonds. The van der Waals surface area contributed by atoms with Crippen LogP contribution in [0.2, 0.25) is 0 Å². The second-order valence-electron chi connectivity index (χ2n) is 5.18. The minimum Gasteiger partial charge on any atom is -0.355 e. The van der Waals surface area contributed by atoms with Crippen LogP contribution in [0.1, 0.15) is 39.5 Å². The summed E-state index contributed by atoms with van der Waals surface area (Å²) in [6, 6.07) is -0.342. The molecule has 0 aromatic carbocycles. The number of hydrogen-bond acceptors (Lipinski definition) is 3. The highest BCUT2D eigenvalue weighted by molar-refractivity contribution is 5.81. The Hall–Kier alpha value is -0.610. The molecule has 3 N–H and O–H groups in total. The molecular weight excluding hydrogens is 214 g/mol. The molecule has 17 heavy (non-hydrogen) atoms. The molecule has 0 aliphatic carbocycles. The first-order valence-corrected chi connectivity index (χ1v) is 6.89. The molecule has 1 fully saturated rings. The molecule has 0 aromatic rings. The number of nitrogens with zero attached hydrogens (tertiary/aromatic N) is 1. The number of piperidine rings is 1. The zero-order valence-electron chi connectivity index (χ0n) is 11.2. The zero-order chi connectivity index (χ0) is 12.7. The Labute approximate surface area is 105 Å². The van der Waals surface area contributed by atoms with Gasteiger partial charge in [0.25, 0.3) is 0 Å². The van der Waals surface area contributed by atoms with Crippen LogP contribution in [-0.4, -0.2) is 43.0 Å². The molecule has 100 valence electrons. The minimum absolute atomic E-state index is 0.0141. The van der Waals surface area contributed by atoms with Crippen LogP contribution in [0.3, 0.4) is 0 Å². The Morgan fingerprint density at radius 3 is 2.71 bits per heavy atom. The van der Waals surface area contributed by atoms with Gasteiger partial charge < -0.3 is 16.0 Å². The van der Waals surface area contributed by atoms with Crippen molar-refractivity contribution >= 4 is 5.91 Å². The summed E-state index contributed by atoms with van der Waals surface area (Å²) < 4.78 is 0. The largest absolute Gasteiger partial charge is 0.355 e. The van der Waals surface area contributed by atoms with Crippen LogP contribution in [0.5, 0.6) is 0 Å². The number of hydrogen-bond donors (Lipinski definition) is 2. The van der Waals surface area contributed by atoms with E-state index in [4.69, 9.17) is 5.73 Å². The summed E-state index contributed by atoms with van der Waals surface area (Å²) in [6.45, 7) is 8.52. The summed E-state index contributed by atoms with van der Waals surface area (Å²) in [4.78, 5) is 13.9. The molecule has 1 heterocycles. The predicted molar refractivity (Wildman–Crippen MR) is 70.7 cm³/mol. The van der Waals surface area contributed by atoms with Gasteiger partial charge in [0, 0.05) is 6.54 Å². The molecule has 4 heteroatoms. The van der Waals surface area contributed by atoms with E-state index in [0.717, 1.165) is 25.4 Å². The Kier molecular flexibility index (Phi) is 6.52. The average molecular weight is 241 g/mol. The molecule has 1 aliphatic heterocycles. The highest BCUT2D eigenvalue weighted by atomic mass is 16.2. The Morgan fingerprint density at radius 1 is 1.47 bits per heavy atom. The van der Waals surface area contributed by atoms with Crippen molar-refractivity contribution in [2.24, 2.45) is 11.7 Å². The Balaban J connectivity index is 2.02. The highest BCUT2D eigenvalue weighted by Crippen LogP contribution is 2.15. The quantitative estimate of drug-likeness (QED) is 0.681. The molecule has 1 saturated heterocycles. The van der Waals surface area contributed by atoms with Crippen molar-refractivity contribution in [3.05, 3.63) is 0 Å². The van der Waals surface area contributed by atoms with Gasteiger partial charge in [0.2, 0.25) is 5.91 Å². The molecule has 4 nitrogen and oxygen atoms in total. The van der Waals surface area contributed by atoms with E-state index in [9.17, 15) is 4.79 Å².